The second-order valence-electron chi connectivity index (χ2n) is 7.62. The summed E-state index contributed by atoms with van der Waals surface area (Å²) in [6.07, 6.45) is 2.75. The topological polar surface area (TPSA) is 99.2 Å². The van der Waals surface area contributed by atoms with Crippen molar-refractivity contribution in [1.82, 2.24) is 24.6 Å². The number of benzene rings is 2. The van der Waals surface area contributed by atoms with Crippen molar-refractivity contribution in [2.75, 3.05) is 18.8 Å². The number of ether oxygens (including phenoxy) is 1. The number of hydrogen-bond donors (Lipinski definition) is 1. The molecule has 2 aromatic heterocycles. The first-order chi connectivity index (χ1) is 16.0. The van der Waals surface area contributed by atoms with Gasteiger partial charge in [-0.25, -0.2) is 14.6 Å². The fourth-order valence-corrected chi connectivity index (χ4v) is 3.71. The van der Waals surface area contributed by atoms with Crippen molar-refractivity contribution in [2.24, 2.45) is 0 Å². The molecule has 1 atom stereocenters. The number of nitrogens with zero attached hydrogens (tertiary/aromatic N) is 5. The molecule has 0 saturated carbocycles. The summed E-state index contributed by atoms with van der Waals surface area (Å²) in [5.41, 5.74) is 8.40. The van der Waals surface area contributed by atoms with Gasteiger partial charge in [-0.2, -0.15) is 5.10 Å². The van der Waals surface area contributed by atoms with Gasteiger partial charge < -0.3 is 15.4 Å². The number of rotatable bonds is 8. The molecule has 168 valence electrons. The highest BCUT2D eigenvalue weighted by atomic mass is 16.5. The smallest absolute Gasteiger partial charge is 0.246 e. The first kappa shape index (κ1) is 22.0. The summed E-state index contributed by atoms with van der Waals surface area (Å²) in [6, 6.07) is 17.1. The lowest BCUT2D eigenvalue weighted by Gasteiger charge is -2.23. The van der Waals surface area contributed by atoms with Gasteiger partial charge in [-0.3, -0.25) is 4.79 Å². The Morgan fingerprint density at radius 1 is 1.15 bits per heavy atom. The summed E-state index contributed by atoms with van der Waals surface area (Å²) >= 11 is 0. The lowest BCUT2D eigenvalue weighted by atomic mass is 10.1. The lowest BCUT2D eigenvalue weighted by molar-refractivity contribution is -0.126. The Morgan fingerprint density at radius 2 is 1.85 bits per heavy atom. The summed E-state index contributed by atoms with van der Waals surface area (Å²) in [5, 5.41) is 5.52. The molecule has 4 rings (SSSR count). The van der Waals surface area contributed by atoms with Crippen molar-refractivity contribution < 1.29 is 9.53 Å². The molecule has 0 aliphatic heterocycles. The van der Waals surface area contributed by atoms with Gasteiger partial charge in [-0.15, -0.1) is 0 Å². The number of likely N-dealkylation sites (N-methyl/N-ethyl adjacent to an activating group) is 1. The highest BCUT2D eigenvalue weighted by molar-refractivity contribution is 5.98. The van der Waals surface area contributed by atoms with Gasteiger partial charge in [-0.05, 0) is 56.3 Å². The maximum absolute atomic E-state index is 12.1. The van der Waals surface area contributed by atoms with Crippen molar-refractivity contribution in [2.45, 2.75) is 19.9 Å². The van der Waals surface area contributed by atoms with Gasteiger partial charge in [0.05, 0.1) is 11.4 Å². The molecule has 8 nitrogen and oxygen atoms in total. The van der Waals surface area contributed by atoms with Crippen LogP contribution < -0.4 is 10.5 Å². The van der Waals surface area contributed by atoms with Crippen LogP contribution >= 0.6 is 0 Å². The molecule has 0 spiro atoms. The minimum absolute atomic E-state index is 0.121. The van der Waals surface area contributed by atoms with Crippen LogP contribution in [0.3, 0.4) is 0 Å². The van der Waals surface area contributed by atoms with Crippen LogP contribution in [0.15, 0.2) is 73.6 Å². The van der Waals surface area contributed by atoms with E-state index in [9.17, 15) is 4.79 Å². The van der Waals surface area contributed by atoms with Crippen LogP contribution in [0.5, 0.6) is 11.5 Å². The predicted octanol–water partition coefficient (Wildman–Crippen LogP) is 4.46. The molecule has 33 heavy (non-hydrogen) atoms. The number of nitrogen functional groups attached to an aromatic ring is 1. The summed E-state index contributed by atoms with van der Waals surface area (Å²) in [4.78, 5) is 22.5. The normalized spacial score (nSPS) is 11.8. The minimum atomic E-state index is -0.139. The van der Waals surface area contributed by atoms with E-state index in [1.165, 1.54) is 12.4 Å². The van der Waals surface area contributed by atoms with E-state index in [1.54, 1.807) is 9.58 Å². The maximum Gasteiger partial charge on any atom is 0.246 e. The molecule has 0 aliphatic carbocycles. The zero-order valence-electron chi connectivity index (χ0n) is 18.7. The third-order valence-corrected chi connectivity index (χ3v) is 5.39. The van der Waals surface area contributed by atoms with Gasteiger partial charge in [0, 0.05) is 18.7 Å². The molecular weight excluding hydrogens is 416 g/mol. The number of carbonyl (C=O) groups excluding carboxylic acids is 1. The molecule has 8 heteroatoms. The van der Waals surface area contributed by atoms with Crippen LogP contribution in [-0.4, -0.2) is 43.6 Å². The maximum atomic E-state index is 12.1. The highest BCUT2D eigenvalue weighted by Crippen LogP contribution is 2.33. The van der Waals surface area contributed by atoms with Crippen molar-refractivity contribution in [3.8, 4) is 22.8 Å². The average Bonchev–Trinajstić information content (AvgIpc) is 3.24. The van der Waals surface area contributed by atoms with Crippen LogP contribution in [0.25, 0.3) is 22.3 Å². The van der Waals surface area contributed by atoms with E-state index in [2.05, 4.69) is 16.5 Å². The SMILES string of the molecule is C=CC(=O)N(CC)CC(C)n1nc(-c2ccc(Oc3ccccc3)cc2)c2c(N)ncnc21. The fourth-order valence-electron chi connectivity index (χ4n) is 3.71. The Balaban J connectivity index is 1.68. The fraction of sp³-hybridized carbons (Fsp3) is 0.200. The molecule has 2 N–H and O–H groups in total. The van der Waals surface area contributed by atoms with Gasteiger partial charge >= 0.3 is 0 Å². The number of hydrogen-bond acceptors (Lipinski definition) is 6. The van der Waals surface area contributed by atoms with E-state index in [4.69, 9.17) is 15.6 Å². The Bertz CT molecular complexity index is 1270. The zero-order valence-corrected chi connectivity index (χ0v) is 18.7. The summed E-state index contributed by atoms with van der Waals surface area (Å²) in [5.74, 6) is 1.71. The van der Waals surface area contributed by atoms with E-state index in [-0.39, 0.29) is 11.9 Å². The zero-order chi connectivity index (χ0) is 23.4. The van der Waals surface area contributed by atoms with E-state index in [0.717, 1.165) is 11.3 Å². The van der Waals surface area contributed by atoms with Crippen LogP contribution in [-0.2, 0) is 4.79 Å². The Kier molecular flexibility index (Phi) is 6.35. The second kappa shape index (κ2) is 9.52. The molecule has 4 aromatic rings. The van der Waals surface area contributed by atoms with Crippen LogP contribution in [0.2, 0.25) is 0 Å². The second-order valence-corrected chi connectivity index (χ2v) is 7.62. The Morgan fingerprint density at radius 3 is 2.52 bits per heavy atom. The predicted molar refractivity (Wildman–Crippen MR) is 129 cm³/mol. The molecule has 1 unspecified atom stereocenters. The molecule has 0 radical (unpaired) electrons. The number of nitrogens with two attached hydrogens (primary N) is 1. The monoisotopic (exact) mass is 442 g/mol. The van der Waals surface area contributed by atoms with Crippen LogP contribution in [0, 0.1) is 0 Å². The van der Waals surface area contributed by atoms with Crippen molar-refractivity contribution in [1.29, 1.82) is 0 Å². The van der Waals surface area contributed by atoms with Crippen LogP contribution in [0.4, 0.5) is 5.82 Å². The molecule has 2 heterocycles. The quantitative estimate of drug-likeness (QED) is 0.404. The number of para-hydroxylation sites is 1. The van der Waals surface area contributed by atoms with Crippen molar-refractivity contribution in [3.05, 3.63) is 73.6 Å². The molecule has 0 saturated heterocycles. The number of fused-ring (bicyclic) bond motifs is 1. The van der Waals surface area contributed by atoms with Crippen LogP contribution in [0.1, 0.15) is 19.9 Å². The first-order valence-electron chi connectivity index (χ1n) is 10.7. The molecule has 0 aliphatic rings. The third-order valence-electron chi connectivity index (χ3n) is 5.39. The largest absolute Gasteiger partial charge is 0.457 e. The standard InChI is InChI=1S/C25H26N6O2/c1-4-21(32)30(5-2)15-17(3)31-25-22(24(26)27-16-28-25)23(29-31)18-11-13-20(14-12-18)33-19-9-7-6-8-10-19/h4,6-14,16-17H,1,5,15H2,2-3H3,(H2,26,27,28). The number of carbonyl (C=O) groups is 1. The van der Waals surface area contributed by atoms with Gasteiger partial charge in [0.2, 0.25) is 5.91 Å². The number of aromatic nitrogens is 4. The highest BCUT2D eigenvalue weighted by Gasteiger charge is 2.22. The van der Waals surface area contributed by atoms with Crippen molar-refractivity contribution >= 4 is 22.8 Å². The average molecular weight is 443 g/mol. The third kappa shape index (κ3) is 4.55. The van der Waals surface area contributed by atoms with E-state index in [1.807, 2.05) is 68.4 Å². The van der Waals surface area contributed by atoms with E-state index in [0.29, 0.717) is 41.4 Å². The molecule has 0 bridgehead atoms. The van der Waals surface area contributed by atoms with E-state index < -0.39 is 0 Å². The Hall–Kier alpha value is -4.20. The van der Waals surface area contributed by atoms with Gasteiger partial charge in [0.25, 0.3) is 0 Å². The molecule has 2 aromatic carbocycles. The summed E-state index contributed by atoms with van der Waals surface area (Å²) in [6.45, 7) is 8.54. The van der Waals surface area contributed by atoms with Gasteiger partial charge in [0.1, 0.15) is 29.3 Å². The van der Waals surface area contributed by atoms with Gasteiger partial charge in [-0.1, -0.05) is 24.8 Å². The molecule has 1 amide bonds. The van der Waals surface area contributed by atoms with Crippen molar-refractivity contribution in [3.63, 3.8) is 0 Å². The summed E-state index contributed by atoms with van der Waals surface area (Å²) < 4.78 is 7.69. The van der Waals surface area contributed by atoms with Gasteiger partial charge in [0.15, 0.2) is 5.65 Å². The summed E-state index contributed by atoms with van der Waals surface area (Å²) in [7, 11) is 0. The molecular formula is C25H26N6O2. The first-order valence-corrected chi connectivity index (χ1v) is 10.7. The Labute approximate surface area is 192 Å². The minimum Gasteiger partial charge on any atom is -0.457 e. The molecule has 0 fully saturated rings. The lowest BCUT2D eigenvalue weighted by Crippen LogP contribution is -2.34. The van der Waals surface area contributed by atoms with E-state index >= 15 is 0 Å². The number of anilines is 1. The number of amides is 1.